The highest BCUT2D eigenvalue weighted by Crippen LogP contribution is 2.43. The first-order valence-corrected chi connectivity index (χ1v) is 8.20. The van der Waals surface area contributed by atoms with Crippen LogP contribution >= 0.6 is 7.82 Å². The largest absolute Gasteiger partial charge is 0.472 e. The second kappa shape index (κ2) is 9.89. The van der Waals surface area contributed by atoms with Crippen molar-refractivity contribution in [1.29, 1.82) is 0 Å². The molecule has 0 amide bonds. The van der Waals surface area contributed by atoms with E-state index in [0.717, 1.165) is 0 Å². The molecule has 0 aromatic rings. The highest BCUT2D eigenvalue weighted by molar-refractivity contribution is 7.47. The Kier molecular flexibility index (Phi) is 9.44. The Morgan fingerprint density at radius 3 is 1.57 bits per heavy atom. The Bertz CT molecular complexity index is 351. The molecule has 124 valence electrons. The van der Waals surface area contributed by atoms with E-state index in [-0.39, 0.29) is 26.1 Å². The molecular formula is C12H23O8P. The number of hydrogen-bond acceptors (Lipinski definition) is 7. The van der Waals surface area contributed by atoms with Gasteiger partial charge in [0.25, 0.3) is 0 Å². The molecule has 0 aliphatic heterocycles. The molecular weight excluding hydrogens is 303 g/mol. The minimum atomic E-state index is -4.29. The van der Waals surface area contributed by atoms with E-state index in [0.29, 0.717) is 0 Å². The third-order valence-corrected chi connectivity index (χ3v) is 3.14. The van der Waals surface area contributed by atoms with Gasteiger partial charge in [0, 0.05) is 12.8 Å². The first-order valence-electron chi connectivity index (χ1n) is 6.71. The van der Waals surface area contributed by atoms with Crippen molar-refractivity contribution >= 4 is 19.8 Å². The van der Waals surface area contributed by atoms with Crippen molar-refractivity contribution in [1.82, 2.24) is 0 Å². The van der Waals surface area contributed by atoms with Gasteiger partial charge in [0.2, 0.25) is 0 Å². The summed E-state index contributed by atoms with van der Waals surface area (Å²) in [6, 6.07) is 0. The van der Waals surface area contributed by atoms with Gasteiger partial charge in [0.15, 0.2) is 0 Å². The summed E-state index contributed by atoms with van der Waals surface area (Å²) in [5.41, 5.74) is 0. The molecule has 0 rings (SSSR count). The summed E-state index contributed by atoms with van der Waals surface area (Å²) in [6.45, 7) is 5.77. The van der Waals surface area contributed by atoms with Crippen LogP contribution in [0.25, 0.3) is 0 Å². The Labute approximate surface area is 124 Å². The zero-order valence-electron chi connectivity index (χ0n) is 12.7. The number of carbonyl (C=O) groups excluding carboxylic acids is 2. The van der Waals surface area contributed by atoms with Gasteiger partial charge in [-0.3, -0.25) is 18.6 Å². The molecule has 8 nitrogen and oxygen atoms in total. The summed E-state index contributed by atoms with van der Waals surface area (Å²) in [4.78, 5) is 31.4. The lowest BCUT2D eigenvalue weighted by Crippen LogP contribution is -2.21. The van der Waals surface area contributed by atoms with Gasteiger partial charge in [-0.25, -0.2) is 4.57 Å². The van der Waals surface area contributed by atoms with Crippen LogP contribution in [0, 0.1) is 0 Å². The van der Waals surface area contributed by atoms with Crippen molar-refractivity contribution in [3.8, 4) is 0 Å². The summed E-state index contributed by atoms with van der Waals surface area (Å²) < 4.78 is 30.7. The molecule has 0 aromatic heterocycles. The molecule has 0 radical (unpaired) electrons. The van der Waals surface area contributed by atoms with Crippen LogP contribution in [0.5, 0.6) is 0 Å². The van der Waals surface area contributed by atoms with Crippen LogP contribution in [0.3, 0.4) is 0 Å². The Balaban J connectivity index is 4.05. The Morgan fingerprint density at radius 2 is 1.29 bits per heavy atom. The van der Waals surface area contributed by atoms with Crippen molar-refractivity contribution in [2.45, 2.75) is 52.7 Å². The first kappa shape index (κ1) is 20.1. The molecule has 9 heteroatoms. The monoisotopic (exact) mass is 326 g/mol. The standard InChI is InChI=1S/C12H23O8P/c1-5-11(13)19-9(3)7-17-21(15,16)18-8-10(4)20-12(14)6-2/h9-10H,5-8H2,1-4H3,(H,15,16). The molecule has 0 aliphatic carbocycles. The number of hydrogen-bond donors (Lipinski definition) is 1. The Morgan fingerprint density at radius 1 is 0.952 bits per heavy atom. The second-order valence-corrected chi connectivity index (χ2v) is 5.82. The zero-order chi connectivity index (χ0) is 16.5. The number of carbonyl (C=O) groups is 2. The predicted molar refractivity (Wildman–Crippen MR) is 73.4 cm³/mol. The van der Waals surface area contributed by atoms with E-state index in [1.165, 1.54) is 13.8 Å². The molecule has 0 heterocycles. The van der Waals surface area contributed by atoms with Crippen molar-refractivity contribution in [3.05, 3.63) is 0 Å². The number of phosphoric acid groups is 1. The predicted octanol–water partition coefficient (Wildman–Crippen LogP) is 1.80. The van der Waals surface area contributed by atoms with E-state index in [9.17, 15) is 19.0 Å². The summed E-state index contributed by atoms with van der Waals surface area (Å²) >= 11 is 0. The minimum absolute atomic E-state index is 0.206. The van der Waals surface area contributed by atoms with Crippen LogP contribution in [-0.2, 0) is 32.7 Å². The smallest absolute Gasteiger partial charge is 0.460 e. The average Bonchev–Trinajstić information content (AvgIpc) is 2.43. The molecule has 0 spiro atoms. The van der Waals surface area contributed by atoms with E-state index in [4.69, 9.17) is 9.47 Å². The second-order valence-electron chi connectivity index (χ2n) is 4.37. The van der Waals surface area contributed by atoms with Crippen molar-refractivity contribution in [2.24, 2.45) is 0 Å². The van der Waals surface area contributed by atoms with E-state index in [1.54, 1.807) is 13.8 Å². The van der Waals surface area contributed by atoms with Crippen molar-refractivity contribution < 1.29 is 37.6 Å². The molecule has 0 saturated heterocycles. The summed E-state index contributed by atoms with van der Waals surface area (Å²) in [6.07, 6.45) is -0.927. The van der Waals surface area contributed by atoms with Gasteiger partial charge >= 0.3 is 19.8 Å². The molecule has 2 unspecified atom stereocenters. The lowest BCUT2D eigenvalue weighted by atomic mass is 10.4. The maximum absolute atomic E-state index is 11.6. The molecule has 0 bridgehead atoms. The summed E-state index contributed by atoms with van der Waals surface area (Å²) in [5, 5.41) is 0. The van der Waals surface area contributed by atoms with E-state index < -0.39 is 32.0 Å². The van der Waals surface area contributed by atoms with Gasteiger partial charge in [-0.1, -0.05) is 13.8 Å². The average molecular weight is 326 g/mol. The molecule has 2 atom stereocenters. The maximum atomic E-state index is 11.6. The molecule has 0 aromatic carbocycles. The zero-order valence-corrected chi connectivity index (χ0v) is 13.6. The third-order valence-electron chi connectivity index (χ3n) is 2.19. The van der Waals surface area contributed by atoms with Gasteiger partial charge < -0.3 is 14.4 Å². The van der Waals surface area contributed by atoms with E-state index in [2.05, 4.69) is 9.05 Å². The van der Waals surface area contributed by atoms with Crippen LogP contribution < -0.4 is 0 Å². The quantitative estimate of drug-likeness (QED) is 0.478. The normalized spacial score (nSPS) is 16.6. The molecule has 0 saturated carbocycles. The summed E-state index contributed by atoms with van der Waals surface area (Å²) in [5.74, 6) is -0.861. The van der Waals surface area contributed by atoms with Gasteiger partial charge in [-0.05, 0) is 13.8 Å². The third kappa shape index (κ3) is 10.4. The number of rotatable bonds is 10. The number of esters is 2. The van der Waals surface area contributed by atoms with Gasteiger partial charge in [0.05, 0.1) is 13.2 Å². The van der Waals surface area contributed by atoms with Crippen LogP contribution in [0.15, 0.2) is 0 Å². The van der Waals surface area contributed by atoms with Crippen LogP contribution in [0.4, 0.5) is 0 Å². The molecule has 0 aliphatic rings. The van der Waals surface area contributed by atoms with E-state index >= 15 is 0 Å². The number of phosphoric ester groups is 1. The molecule has 0 fully saturated rings. The van der Waals surface area contributed by atoms with E-state index in [1.807, 2.05) is 0 Å². The van der Waals surface area contributed by atoms with Crippen LogP contribution in [0.1, 0.15) is 40.5 Å². The lowest BCUT2D eigenvalue weighted by molar-refractivity contribution is -0.149. The Hall–Kier alpha value is -0.950. The van der Waals surface area contributed by atoms with Crippen LogP contribution in [0.2, 0.25) is 0 Å². The molecule has 1 N–H and O–H groups in total. The fourth-order valence-corrected chi connectivity index (χ4v) is 1.99. The molecule has 21 heavy (non-hydrogen) atoms. The minimum Gasteiger partial charge on any atom is -0.460 e. The highest BCUT2D eigenvalue weighted by atomic mass is 31.2. The van der Waals surface area contributed by atoms with Gasteiger partial charge in [-0.2, -0.15) is 0 Å². The fourth-order valence-electron chi connectivity index (χ4n) is 1.12. The van der Waals surface area contributed by atoms with Crippen LogP contribution in [-0.4, -0.2) is 42.3 Å². The van der Waals surface area contributed by atoms with Crippen molar-refractivity contribution in [2.75, 3.05) is 13.2 Å². The van der Waals surface area contributed by atoms with Gasteiger partial charge in [-0.15, -0.1) is 0 Å². The lowest BCUT2D eigenvalue weighted by Gasteiger charge is -2.18. The topological polar surface area (TPSA) is 108 Å². The first-order chi connectivity index (χ1) is 9.70. The maximum Gasteiger partial charge on any atom is 0.472 e. The fraction of sp³-hybridized carbons (Fsp3) is 0.833. The highest BCUT2D eigenvalue weighted by Gasteiger charge is 2.24. The van der Waals surface area contributed by atoms with Gasteiger partial charge in [0.1, 0.15) is 12.2 Å². The summed E-state index contributed by atoms with van der Waals surface area (Å²) in [7, 11) is -4.29. The van der Waals surface area contributed by atoms with Crippen molar-refractivity contribution in [3.63, 3.8) is 0 Å². The number of ether oxygens (including phenoxy) is 2. The SMILES string of the molecule is CCC(=O)OC(C)COP(=O)(O)OCC(C)OC(=O)CC.